The molecule has 1 rings (SSSR count). The molecule has 0 atom stereocenters. The van der Waals surface area contributed by atoms with Crippen molar-refractivity contribution in [2.24, 2.45) is 0 Å². The zero-order valence-electron chi connectivity index (χ0n) is 6.88. The van der Waals surface area contributed by atoms with Crippen LogP contribution in [0.25, 0.3) is 0 Å². The molecule has 0 aliphatic carbocycles. The van der Waals surface area contributed by atoms with Gasteiger partial charge < -0.3 is 4.90 Å². The highest BCUT2D eigenvalue weighted by Gasteiger charge is 2.07. The van der Waals surface area contributed by atoms with Crippen LogP contribution in [0, 0.1) is 0 Å². The molecule has 10 heavy (non-hydrogen) atoms. The van der Waals surface area contributed by atoms with Crippen molar-refractivity contribution in [1.82, 2.24) is 9.80 Å². The molecule has 0 bridgehead atoms. The maximum Gasteiger partial charge on any atom is 0.0703 e. The number of hydrogen-bond donors (Lipinski definition) is 0. The van der Waals surface area contributed by atoms with Crippen LogP contribution in [0.3, 0.4) is 0 Å². The van der Waals surface area contributed by atoms with Crippen LogP contribution in [0.2, 0.25) is 0 Å². The summed E-state index contributed by atoms with van der Waals surface area (Å²) in [5, 5.41) is 0. The van der Waals surface area contributed by atoms with Gasteiger partial charge in [-0.1, -0.05) is 13.0 Å². The molecule has 2 nitrogen and oxygen atoms in total. The van der Waals surface area contributed by atoms with Crippen LogP contribution in [0.4, 0.5) is 0 Å². The van der Waals surface area contributed by atoms with Crippen LogP contribution in [-0.4, -0.2) is 36.1 Å². The predicted molar refractivity (Wildman–Crippen MR) is 43.6 cm³/mol. The minimum atomic E-state index is 1.10. The summed E-state index contributed by atoms with van der Waals surface area (Å²) in [4.78, 5) is 4.72. The molecule has 0 radical (unpaired) electrons. The van der Waals surface area contributed by atoms with Crippen molar-refractivity contribution in [3.8, 4) is 0 Å². The van der Waals surface area contributed by atoms with Gasteiger partial charge in [-0.05, 0) is 19.7 Å². The Balaban J connectivity index is 2.38. The first kappa shape index (κ1) is 7.61. The highest BCUT2D eigenvalue weighted by Crippen LogP contribution is 2.01. The van der Waals surface area contributed by atoms with Crippen molar-refractivity contribution in [2.75, 3.05) is 26.3 Å². The second-order valence-electron chi connectivity index (χ2n) is 2.60. The predicted octanol–water partition coefficient (Wildman–Crippen LogP) is 1.11. The molecule has 1 aliphatic heterocycles. The third-order valence-corrected chi connectivity index (χ3v) is 1.91. The smallest absolute Gasteiger partial charge is 0.0703 e. The summed E-state index contributed by atoms with van der Waals surface area (Å²) in [6.07, 6.45) is 4.41. The molecule has 0 aromatic carbocycles. The minimum absolute atomic E-state index is 1.10. The maximum absolute atomic E-state index is 2.41. The Kier molecular flexibility index (Phi) is 2.75. The van der Waals surface area contributed by atoms with Gasteiger partial charge in [-0.2, -0.15) is 0 Å². The van der Waals surface area contributed by atoms with Crippen molar-refractivity contribution in [2.45, 2.75) is 13.8 Å². The van der Waals surface area contributed by atoms with Gasteiger partial charge in [0.1, 0.15) is 0 Å². The van der Waals surface area contributed by atoms with Crippen LogP contribution >= 0.6 is 0 Å². The van der Waals surface area contributed by atoms with E-state index >= 15 is 0 Å². The van der Waals surface area contributed by atoms with Crippen molar-refractivity contribution in [3.63, 3.8) is 0 Å². The number of rotatable bonds is 2. The van der Waals surface area contributed by atoms with Crippen molar-refractivity contribution in [3.05, 3.63) is 12.3 Å². The summed E-state index contributed by atoms with van der Waals surface area (Å²) in [6, 6.07) is 0. The second-order valence-corrected chi connectivity index (χ2v) is 2.60. The third-order valence-electron chi connectivity index (χ3n) is 1.91. The van der Waals surface area contributed by atoms with E-state index in [1.807, 2.05) is 0 Å². The quantitative estimate of drug-likeness (QED) is 0.567. The summed E-state index contributed by atoms with van der Waals surface area (Å²) >= 11 is 0. The first-order chi connectivity index (χ1) is 4.86. The van der Waals surface area contributed by atoms with E-state index in [4.69, 9.17) is 0 Å². The summed E-state index contributed by atoms with van der Waals surface area (Å²) in [7, 11) is 0. The summed E-state index contributed by atoms with van der Waals surface area (Å²) in [5.41, 5.74) is 0. The number of likely N-dealkylation sites (N-methyl/N-ethyl adjacent to an activating group) is 1. The van der Waals surface area contributed by atoms with Crippen LogP contribution in [0.1, 0.15) is 13.8 Å². The fourth-order valence-corrected chi connectivity index (χ4v) is 1.14. The molecule has 0 unspecified atom stereocenters. The lowest BCUT2D eigenvalue weighted by Crippen LogP contribution is -2.38. The van der Waals surface area contributed by atoms with Gasteiger partial charge >= 0.3 is 0 Å². The first-order valence-electron chi connectivity index (χ1n) is 4.00. The average molecular weight is 140 g/mol. The van der Waals surface area contributed by atoms with Crippen molar-refractivity contribution in [1.29, 1.82) is 0 Å². The van der Waals surface area contributed by atoms with Gasteiger partial charge in [0.25, 0.3) is 0 Å². The molecule has 0 spiro atoms. The maximum atomic E-state index is 2.41. The second kappa shape index (κ2) is 3.62. The number of hydrogen-bond acceptors (Lipinski definition) is 2. The summed E-state index contributed by atoms with van der Waals surface area (Å²) in [6.45, 7) is 8.88. The van der Waals surface area contributed by atoms with E-state index < -0.39 is 0 Å². The van der Waals surface area contributed by atoms with Crippen LogP contribution in [0.5, 0.6) is 0 Å². The van der Waals surface area contributed by atoms with E-state index in [0.29, 0.717) is 0 Å². The summed E-state index contributed by atoms with van der Waals surface area (Å²) < 4.78 is 0. The summed E-state index contributed by atoms with van der Waals surface area (Å²) in [5.74, 6) is 0. The van der Waals surface area contributed by atoms with Gasteiger partial charge in [0.05, 0.1) is 6.67 Å². The molecule has 0 aromatic rings. The standard InChI is InChI=1S/C8H16N2/c1-3-9-6-5-7-10(4-2)8-9/h5-6H,3-4,7-8H2,1-2H3. The normalized spacial score (nSPS) is 20.0. The Morgan fingerprint density at radius 1 is 1.30 bits per heavy atom. The molecule has 0 aromatic heterocycles. The third kappa shape index (κ3) is 1.74. The average Bonchev–Trinajstić information content (AvgIpc) is 2.05. The van der Waals surface area contributed by atoms with Gasteiger partial charge in [0.15, 0.2) is 0 Å². The van der Waals surface area contributed by atoms with E-state index in [9.17, 15) is 0 Å². The van der Waals surface area contributed by atoms with Crippen molar-refractivity contribution < 1.29 is 0 Å². The van der Waals surface area contributed by atoms with E-state index in [0.717, 1.165) is 26.3 Å². The lowest BCUT2D eigenvalue weighted by atomic mass is 10.4. The fraction of sp³-hybridized carbons (Fsp3) is 0.750. The number of nitrogens with zero attached hydrogens (tertiary/aromatic N) is 2. The van der Waals surface area contributed by atoms with Gasteiger partial charge in [-0.25, -0.2) is 0 Å². The molecule has 1 heterocycles. The molecule has 1 aliphatic rings. The van der Waals surface area contributed by atoms with E-state index in [1.165, 1.54) is 0 Å². The van der Waals surface area contributed by atoms with Gasteiger partial charge in [-0.3, -0.25) is 4.90 Å². The lowest BCUT2D eigenvalue weighted by molar-refractivity contribution is 0.182. The van der Waals surface area contributed by atoms with Gasteiger partial charge in [-0.15, -0.1) is 0 Å². The molecule has 0 saturated heterocycles. The molecular weight excluding hydrogens is 124 g/mol. The highest BCUT2D eigenvalue weighted by atomic mass is 15.3. The van der Waals surface area contributed by atoms with Crippen LogP contribution in [-0.2, 0) is 0 Å². The molecule has 0 N–H and O–H groups in total. The zero-order chi connectivity index (χ0) is 7.40. The fourth-order valence-electron chi connectivity index (χ4n) is 1.14. The molecule has 58 valence electrons. The van der Waals surface area contributed by atoms with E-state index in [1.54, 1.807) is 0 Å². The minimum Gasteiger partial charge on any atom is -0.365 e. The van der Waals surface area contributed by atoms with Crippen LogP contribution in [0.15, 0.2) is 12.3 Å². The van der Waals surface area contributed by atoms with Gasteiger partial charge in [0.2, 0.25) is 0 Å². The molecule has 2 heteroatoms. The molecule has 0 saturated carbocycles. The van der Waals surface area contributed by atoms with Gasteiger partial charge in [0, 0.05) is 13.1 Å². The SMILES string of the molecule is CCN1C=CCN(CC)C1. The highest BCUT2D eigenvalue weighted by molar-refractivity contribution is 4.89. The largest absolute Gasteiger partial charge is 0.365 e. The Morgan fingerprint density at radius 2 is 2.10 bits per heavy atom. The molecule has 0 amide bonds. The van der Waals surface area contributed by atoms with Crippen molar-refractivity contribution >= 4 is 0 Å². The molecular formula is C8H16N2. The monoisotopic (exact) mass is 140 g/mol. The Labute approximate surface area is 63.1 Å². The van der Waals surface area contributed by atoms with Crippen LogP contribution < -0.4 is 0 Å². The molecule has 0 fully saturated rings. The Bertz CT molecular complexity index is 120. The Hall–Kier alpha value is -0.500. The Morgan fingerprint density at radius 3 is 2.70 bits per heavy atom. The van der Waals surface area contributed by atoms with E-state index in [2.05, 4.69) is 35.9 Å². The first-order valence-corrected chi connectivity index (χ1v) is 4.00. The zero-order valence-corrected chi connectivity index (χ0v) is 6.88. The lowest BCUT2D eigenvalue weighted by Gasteiger charge is -2.30. The van der Waals surface area contributed by atoms with E-state index in [-0.39, 0.29) is 0 Å². The topological polar surface area (TPSA) is 6.48 Å².